The van der Waals surface area contributed by atoms with Gasteiger partial charge in [-0.15, -0.1) is 0 Å². The molecule has 8 heteroatoms. The second kappa shape index (κ2) is 50.2. The molecule has 3 atom stereocenters. The molecule has 0 bridgehead atoms. The Morgan fingerprint density at radius 2 is 0.692 bits per heavy atom. The van der Waals surface area contributed by atoms with Crippen molar-refractivity contribution < 1.29 is 33.3 Å². The van der Waals surface area contributed by atoms with Crippen LogP contribution in [0.4, 0.5) is 0 Å². The number of carbonyl (C=O) groups excluding carboxylic acids is 3. The molecule has 386 valence electrons. The van der Waals surface area contributed by atoms with Gasteiger partial charge < -0.3 is 23.8 Å². The monoisotopic (exact) mass is 922 g/mol. The van der Waals surface area contributed by atoms with Crippen LogP contribution in [-0.4, -0.2) is 75.0 Å². The summed E-state index contributed by atoms with van der Waals surface area (Å²) < 4.78 is 24.0. The van der Waals surface area contributed by atoms with E-state index in [0.29, 0.717) is 33.0 Å². The van der Waals surface area contributed by atoms with E-state index in [0.717, 1.165) is 122 Å². The Balaban J connectivity index is 4.80. The van der Waals surface area contributed by atoms with Crippen molar-refractivity contribution in [3.63, 3.8) is 0 Å². The first-order valence-corrected chi connectivity index (χ1v) is 28.7. The minimum absolute atomic E-state index is 0.0116. The topological polar surface area (TPSA) is 91.4 Å². The molecule has 0 aliphatic rings. The maximum atomic E-state index is 13.8. The summed E-state index contributed by atoms with van der Waals surface area (Å²) in [7, 11) is 0. The Labute approximate surface area is 404 Å². The maximum Gasteiger partial charge on any atom is 0.308 e. The second-order valence-corrected chi connectivity index (χ2v) is 19.5. The van der Waals surface area contributed by atoms with Crippen molar-refractivity contribution in [1.82, 2.24) is 4.90 Å². The zero-order valence-electron chi connectivity index (χ0n) is 44.4. The molecule has 0 saturated heterocycles. The summed E-state index contributed by atoms with van der Waals surface area (Å²) in [6.07, 6.45) is 42.4. The van der Waals surface area contributed by atoms with Gasteiger partial charge in [-0.2, -0.15) is 0 Å². The van der Waals surface area contributed by atoms with Crippen molar-refractivity contribution in [2.45, 2.75) is 292 Å². The number of rotatable bonds is 52. The predicted molar refractivity (Wildman–Crippen MR) is 276 cm³/mol. The number of nitrogens with zero attached hydrogens (tertiary/aromatic N) is 1. The molecule has 0 aromatic carbocycles. The predicted octanol–water partition coefficient (Wildman–Crippen LogP) is 16.5. The Kier molecular flexibility index (Phi) is 48.9. The summed E-state index contributed by atoms with van der Waals surface area (Å²) in [5, 5.41) is 0. The molecule has 0 rings (SSSR count). The van der Waals surface area contributed by atoms with E-state index < -0.39 is 6.10 Å². The molecule has 0 N–H and O–H groups in total. The fourth-order valence-corrected chi connectivity index (χ4v) is 8.85. The number of carbonyl (C=O) groups is 3. The van der Waals surface area contributed by atoms with Gasteiger partial charge in [-0.25, -0.2) is 0 Å². The van der Waals surface area contributed by atoms with Crippen LogP contribution >= 0.6 is 0 Å². The van der Waals surface area contributed by atoms with Crippen LogP contribution in [0.15, 0.2) is 0 Å². The van der Waals surface area contributed by atoms with E-state index in [4.69, 9.17) is 18.9 Å². The first kappa shape index (κ1) is 63.3. The number of esters is 2. The molecule has 1 amide bonds. The van der Waals surface area contributed by atoms with Crippen LogP contribution in [0.1, 0.15) is 286 Å². The van der Waals surface area contributed by atoms with Gasteiger partial charge in [0.25, 0.3) is 5.91 Å². The highest BCUT2D eigenvalue weighted by atomic mass is 16.5. The maximum absolute atomic E-state index is 13.8. The molecular formula is C57H111NO7. The molecule has 0 aliphatic carbocycles. The van der Waals surface area contributed by atoms with Crippen LogP contribution in [0, 0.1) is 11.8 Å². The van der Waals surface area contributed by atoms with Gasteiger partial charge in [0.1, 0.15) is 0 Å². The molecule has 0 saturated carbocycles. The van der Waals surface area contributed by atoms with Crippen LogP contribution < -0.4 is 0 Å². The zero-order valence-corrected chi connectivity index (χ0v) is 44.4. The van der Waals surface area contributed by atoms with E-state index >= 15 is 0 Å². The van der Waals surface area contributed by atoms with Crippen LogP contribution in [0.25, 0.3) is 0 Å². The summed E-state index contributed by atoms with van der Waals surface area (Å²) in [4.78, 5) is 41.8. The standard InChI is InChI=1S/C57H111NO7/c1-7-13-18-23-26-35-44-52(42-33-21-16-10-4)56(60)64-49-40-30-29-38-47-62-51-54(55(59)58(12-6)46-37-28-25-20-15-9-3)63-48-39-31-32-41-50-65-57(61)53(43-34-22-17-11-5)45-36-27-24-19-14-8-2/h52-54H,7-51H2,1-6H3. The van der Waals surface area contributed by atoms with E-state index in [1.54, 1.807) is 0 Å². The number of likely N-dealkylation sites (N-methyl/N-ethyl adjacent to an activating group) is 1. The van der Waals surface area contributed by atoms with Gasteiger partial charge in [-0.1, -0.05) is 208 Å². The number of ether oxygens (including phenoxy) is 4. The van der Waals surface area contributed by atoms with E-state index in [1.165, 1.54) is 128 Å². The summed E-state index contributed by atoms with van der Waals surface area (Å²) >= 11 is 0. The Bertz CT molecular complexity index is 1020. The van der Waals surface area contributed by atoms with Gasteiger partial charge in [0.2, 0.25) is 0 Å². The zero-order chi connectivity index (χ0) is 47.7. The van der Waals surface area contributed by atoms with Gasteiger partial charge in [-0.3, -0.25) is 14.4 Å². The third-order valence-electron chi connectivity index (χ3n) is 13.3. The Morgan fingerprint density at radius 1 is 0.369 bits per heavy atom. The first-order chi connectivity index (χ1) is 31.9. The summed E-state index contributed by atoms with van der Waals surface area (Å²) in [5.41, 5.74) is 0. The molecule has 0 aromatic rings. The smallest absolute Gasteiger partial charge is 0.308 e. The van der Waals surface area contributed by atoms with Crippen molar-refractivity contribution in [2.24, 2.45) is 11.8 Å². The van der Waals surface area contributed by atoms with Crippen molar-refractivity contribution in [1.29, 1.82) is 0 Å². The van der Waals surface area contributed by atoms with Gasteiger partial charge in [0.05, 0.1) is 31.7 Å². The molecular weight excluding hydrogens is 811 g/mol. The van der Waals surface area contributed by atoms with Gasteiger partial charge in [0, 0.05) is 26.3 Å². The highest BCUT2D eigenvalue weighted by Gasteiger charge is 2.25. The molecule has 65 heavy (non-hydrogen) atoms. The van der Waals surface area contributed by atoms with Gasteiger partial charge >= 0.3 is 11.9 Å². The highest BCUT2D eigenvalue weighted by molar-refractivity contribution is 5.81. The van der Waals surface area contributed by atoms with Crippen LogP contribution in [0.3, 0.4) is 0 Å². The number of hydrogen-bond donors (Lipinski definition) is 0. The number of hydrogen-bond acceptors (Lipinski definition) is 7. The van der Waals surface area contributed by atoms with Crippen molar-refractivity contribution >= 4 is 17.8 Å². The number of unbranched alkanes of at least 4 members (excludes halogenated alkanes) is 27. The Hall–Kier alpha value is -1.67. The average Bonchev–Trinajstić information content (AvgIpc) is 3.31. The minimum Gasteiger partial charge on any atom is -0.465 e. The molecule has 0 fully saturated rings. The van der Waals surface area contributed by atoms with Crippen molar-refractivity contribution in [2.75, 3.05) is 46.1 Å². The summed E-state index contributed by atoms with van der Waals surface area (Å²) in [5.74, 6) is 0.170. The van der Waals surface area contributed by atoms with Gasteiger partial charge in [0.15, 0.2) is 6.10 Å². The molecule has 0 heterocycles. The van der Waals surface area contributed by atoms with Crippen molar-refractivity contribution in [3.8, 4) is 0 Å². The fourth-order valence-electron chi connectivity index (χ4n) is 8.85. The quantitative estimate of drug-likeness (QED) is 0.0443. The molecule has 3 unspecified atom stereocenters. The lowest BCUT2D eigenvalue weighted by atomic mass is 9.94. The lowest BCUT2D eigenvalue weighted by Gasteiger charge is -2.26. The summed E-state index contributed by atoms with van der Waals surface area (Å²) in [6.45, 7) is 17.1. The number of amides is 1. The molecule has 0 spiro atoms. The summed E-state index contributed by atoms with van der Waals surface area (Å²) in [6, 6.07) is 0. The van der Waals surface area contributed by atoms with Gasteiger partial charge in [-0.05, 0) is 77.6 Å². The van der Waals surface area contributed by atoms with Crippen molar-refractivity contribution in [3.05, 3.63) is 0 Å². The average molecular weight is 923 g/mol. The molecule has 0 radical (unpaired) electrons. The van der Waals surface area contributed by atoms with E-state index in [-0.39, 0.29) is 36.3 Å². The SMILES string of the molecule is CCCCCCCCC(CCCCCC)C(=O)OCCCCCCOCC(OCCCCCCOC(=O)C(CCCCCC)CCCCCCCC)C(=O)N(CC)CCCCCCCC. The third-order valence-corrected chi connectivity index (χ3v) is 13.3. The molecule has 0 aromatic heterocycles. The molecule has 8 nitrogen and oxygen atoms in total. The van der Waals surface area contributed by atoms with Crippen LogP contribution in [0.5, 0.6) is 0 Å². The van der Waals surface area contributed by atoms with E-state index in [2.05, 4.69) is 41.5 Å². The lowest BCUT2D eigenvalue weighted by molar-refractivity contribution is -0.150. The minimum atomic E-state index is -0.595. The largest absolute Gasteiger partial charge is 0.465 e. The van der Waals surface area contributed by atoms with Crippen LogP contribution in [-0.2, 0) is 33.3 Å². The van der Waals surface area contributed by atoms with E-state index in [9.17, 15) is 14.4 Å². The lowest BCUT2D eigenvalue weighted by Crippen LogP contribution is -2.43. The van der Waals surface area contributed by atoms with E-state index in [1.807, 2.05) is 4.90 Å². The first-order valence-electron chi connectivity index (χ1n) is 28.7. The molecule has 0 aliphatic heterocycles. The fraction of sp³-hybridized carbons (Fsp3) is 0.947. The normalized spacial score (nSPS) is 12.9. The second-order valence-electron chi connectivity index (χ2n) is 19.5. The third kappa shape index (κ3) is 40.0. The van der Waals surface area contributed by atoms with Crippen LogP contribution in [0.2, 0.25) is 0 Å². The Morgan fingerprint density at radius 3 is 1.09 bits per heavy atom. The highest BCUT2D eigenvalue weighted by Crippen LogP contribution is 2.22.